The van der Waals surface area contributed by atoms with Crippen LogP contribution in [0.1, 0.15) is 33.1 Å². The summed E-state index contributed by atoms with van der Waals surface area (Å²) in [6, 6.07) is 1.11. The molecule has 0 aromatic heterocycles. The summed E-state index contributed by atoms with van der Waals surface area (Å²) in [6.45, 7) is 4.97. The van der Waals surface area contributed by atoms with Crippen molar-refractivity contribution in [1.82, 2.24) is 10.2 Å². The van der Waals surface area contributed by atoms with Crippen molar-refractivity contribution < 1.29 is 4.79 Å². The first-order chi connectivity index (χ1) is 6.15. The highest BCUT2D eigenvalue weighted by atomic mass is 16.3. The predicted octanol–water partition coefficient (Wildman–Crippen LogP) is 0.995. The summed E-state index contributed by atoms with van der Waals surface area (Å²) in [7, 11) is 1.70. The third-order valence-electron chi connectivity index (χ3n) is 2.98. The number of carbonyl (C=O) groups is 1. The summed E-state index contributed by atoms with van der Waals surface area (Å²) in [4.78, 5) is 13.5. The van der Waals surface area contributed by atoms with Gasteiger partial charge in [0.05, 0.1) is 6.54 Å². The van der Waals surface area contributed by atoms with Gasteiger partial charge in [-0.2, -0.15) is 0 Å². The molecule has 76 valence electrons. The van der Waals surface area contributed by atoms with E-state index in [9.17, 15) is 4.79 Å². The second-order valence-electron chi connectivity index (χ2n) is 3.97. The minimum atomic E-state index is 0.126. The SMILES string of the molecule is CC1CCCC(C)N1C[13C](=O)[15NH][13CH3]. The lowest BCUT2D eigenvalue weighted by Gasteiger charge is -2.38. The number of amides is 1. The molecular weight excluding hydrogens is 167 g/mol. The van der Waals surface area contributed by atoms with Crippen molar-refractivity contribution in [3.63, 3.8) is 0 Å². The third-order valence-corrected chi connectivity index (χ3v) is 2.98. The van der Waals surface area contributed by atoms with Crippen molar-refractivity contribution in [3.8, 4) is 0 Å². The van der Waals surface area contributed by atoms with E-state index >= 15 is 0 Å². The maximum Gasteiger partial charge on any atom is 0.233 e. The summed E-state index contributed by atoms with van der Waals surface area (Å²) in [5.41, 5.74) is 0. The lowest BCUT2D eigenvalue weighted by molar-refractivity contribution is -0.123. The molecular formula is C10H20N2O. The smallest absolute Gasteiger partial charge is 0.233 e. The van der Waals surface area contributed by atoms with E-state index in [1.54, 1.807) is 7.05 Å². The molecule has 1 N–H and O–H groups in total. The second-order valence-corrected chi connectivity index (χ2v) is 3.97. The Morgan fingerprint density at radius 2 is 1.92 bits per heavy atom. The Morgan fingerprint density at radius 3 is 2.38 bits per heavy atom. The predicted molar refractivity (Wildman–Crippen MR) is 53.5 cm³/mol. The zero-order valence-corrected chi connectivity index (χ0v) is 8.84. The van der Waals surface area contributed by atoms with Gasteiger partial charge in [-0.25, -0.2) is 0 Å². The number of carbonyl (C=O) groups excluding carboxylic acids is 1. The molecule has 0 spiro atoms. The Morgan fingerprint density at radius 1 is 1.38 bits per heavy atom. The van der Waals surface area contributed by atoms with Crippen LogP contribution in [0.5, 0.6) is 0 Å². The molecule has 0 radical (unpaired) electrons. The summed E-state index contributed by atoms with van der Waals surface area (Å²) >= 11 is 0. The lowest BCUT2D eigenvalue weighted by Crippen LogP contribution is -2.48. The molecule has 1 rings (SSSR count). The van der Waals surface area contributed by atoms with Crippen LogP contribution in [0.25, 0.3) is 0 Å². The molecule has 3 heteroatoms. The molecule has 2 atom stereocenters. The van der Waals surface area contributed by atoms with Crippen molar-refractivity contribution >= 4 is 5.91 Å². The number of likely N-dealkylation sites (tertiary alicyclic amines) is 1. The molecule has 1 aliphatic rings. The second kappa shape index (κ2) is 4.61. The van der Waals surface area contributed by atoms with E-state index < -0.39 is 0 Å². The van der Waals surface area contributed by atoms with Gasteiger partial charge < -0.3 is 5.32 Å². The van der Waals surface area contributed by atoms with Gasteiger partial charge in [-0.15, -0.1) is 0 Å². The number of nitrogens with zero attached hydrogens (tertiary/aromatic N) is 1. The van der Waals surface area contributed by atoms with Crippen molar-refractivity contribution in [1.29, 1.82) is 0 Å². The maximum absolute atomic E-state index is 11.2. The Hall–Kier alpha value is -0.570. The molecule has 0 aromatic carbocycles. The highest BCUT2D eigenvalue weighted by Crippen LogP contribution is 2.21. The first-order valence-corrected chi connectivity index (χ1v) is 5.11. The molecule has 2 unspecified atom stereocenters. The van der Waals surface area contributed by atoms with Gasteiger partial charge in [0, 0.05) is 19.1 Å². The number of likely N-dealkylation sites (N-methyl/N-ethyl adjacent to an activating group) is 1. The molecule has 0 aromatic rings. The molecule has 3 nitrogen and oxygen atoms in total. The number of rotatable bonds is 2. The average Bonchev–Trinajstić information content (AvgIpc) is 2.11. The molecule has 1 amide bonds. The van der Waals surface area contributed by atoms with Crippen LogP contribution in [-0.4, -0.2) is 36.5 Å². The first kappa shape index (κ1) is 10.5. The molecule has 1 fully saturated rings. The monoisotopic (exact) mass is 187 g/mol. The van der Waals surface area contributed by atoms with E-state index in [1.165, 1.54) is 19.3 Å². The molecule has 0 saturated carbocycles. The molecule has 0 bridgehead atoms. The van der Waals surface area contributed by atoms with Gasteiger partial charge in [0.1, 0.15) is 0 Å². The summed E-state index contributed by atoms with van der Waals surface area (Å²) in [5.74, 6) is 0.126. The lowest BCUT2D eigenvalue weighted by atomic mass is 9.98. The van der Waals surface area contributed by atoms with Crippen LogP contribution in [0, 0.1) is 0 Å². The van der Waals surface area contributed by atoms with Gasteiger partial charge in [-0.3, -0.25) is 9.69 Å². The standard InChI is InChI=1S/C10H20N2O/c1-8-5-4-6-9(2)12(8)7-10(13)11-3/h8-9H,4-7H2,1-3H3,(H,11,13)/i3+1,10+1,11+1. The minimum absolute atomic E-state index is 0.126. The van der Waals surface area contributed by atoms with Gasteiger partial charge in [0.15, 0.2) is 0 Å². The molecule has 1 saturated heterocycles. The normalized spacial score (nSPS) is 30.1. The third kappa shape index (κ3) is 2.69. The highest BCUT2D eigenvalue weighted by Gasteiger charge is 2.25. The van der Waals surface area contributed by atoms with Gasteiger partial charge in [0.2, 0.25) is 5.91 Å². The van der Waals surface area contributed by atoms with Crippen molar-refractivity contribution in [2.45, 2.75) is 45.2 Å². The first-order valence-electron chi connectivity index (χ1n) is 5.11. The van der Waals surface area contributed by atoms with E-state index in [1.807, 2.05) is 0 Å². The highest BCUT2D eigenvalue weighted by molar-refractivity contribution is 5.77. The topological polar surface area (TPSA) is 32.3 Å². The van der Waals surface area contributed by atoms with E-state index in [0.717, 1.165) is 0 Å². The fourth-order valence-corrected chi connectivity index (χ4v) is 2.03. The molecule has 1 heterocycles. The van der Waals surface area contributed by atoms with E-state index in [0.29, 0.717) is 18.6 Å². The van der Waals surface area contributed by atoms with E-state index in [-0.39, 0.29) is 5.91 Å². The van der Waals surface area contributed by atoms with Gasteiger partial charge in [-0.1, -0.05) is 6.42 Å². The van der Waals surface area contributed by atoms with Gasteiger partial charge in [0.25, 0.3) is 0 Å². The van der Waals surface area contributed by atoms with E-state index in [4.69, 9.17) is 0 Å². The Balaban J connectivity index is 2.48. The van der Waals surface area contributed by atoms with Gasteiger partial charge >= 0.3 is 0 Å². The fourth-order valence-electron chi connectivity index (χ4n) is 2.03. The van der Waals surface area contributed by atoms with Crippen molar-refractivity contribution in [3.05, 3.63) is 0 Å². The quantitative estimate of drug-likeness (QED) is 0.516. The Kier molecular flexibility index (Phi) is 3.72. The largest absolute Gasteiger partial charge is 0.358 e. The fraction of sp³-hybridized carbons (Fsp3) is 0.900. The zero-order valence-electron chi connectivity index (χ0n) is 8.84. The Bertz CT molecular complexity index is 172. The average molecular weight is 187 g/mol. The van der Waals surface area contributed by atoms with Gasteiger partial charge in [-0.05, 0) is 26.7 Å². The number of nitrogens with one attached hydrogen (secondary N) is 1. The van der Waals surface area contributed by atoms with Crippen LogP contribution < -0.4 is 5.32 Å². The molecule has 1 aliphatic heterocycles. The van der Waals surface area contributed by atoms with Crippen LogP contribution in [0.15, 0.2) is 0 Å². The Labute approximate surface area is 80.5 Å². The maximum atomic E-state index is 11.2. The zero-order chi connectivity index (χ0) is 9.84. The number of hydrogen-bond acceptors (Lipinski definition) is 2. The van der Waals surface area contributed by atoms with Crippen LogP contribution in [0.2, 0.25) is 0 Å². The van der Waals surface area contributed by atoms with Crippen molar-refractivity contribution in [2.24, 2.45) is 0 Å². The summed E-state index contributed by atoms with van der Waals surface area (Å²) < 4.78 is 0. The van der Waals surface area contributed by atoms with Crippen molar-refractivity contribution in [2.75, 3.05) is 13.6 Å². The molecule has 0 aliphatic carbocycles. The van der Waals surface area contributed by atoms with Crippen LogP contribution in [0.4, 0.5) is 0 Å². The van der Waals surface area contributed by atoms with Crippen LogP contribution >= 0.6 is 0 Å². The van der Waals surface area contributed by atoms with E-state index in [2.05, 4.69) is 24.1 Å². The minimum Gasteiger partial charge on any atom is -0.358 e. The van der Waals surface area contributed by atoms with Crippen LogP contribution in [-0.2, 0) is 4.79 Å². The molecule has 13 heavy (non-hydrogen) atoms. The summed E-state index contributed by atoms with van der Waals surface area (Å²) in [6.07, 6.45) is 3.75. The van der Waals surface area contributed by atoms with Crippen LogP contribution in [0.3, 0.4) is 0 Å². The number of hydrogen-bond donors (Lipinski definition) is 1. The number of piperidine rings is 1. The summed E-state index contributed by atoms with van der Waals surface area (Å²) in [5, 5.41) is 2.67.